The lowest BCUT2D eigenvalue weighted by molar-refractivity contribution is 0.954. The van der Waals surface area contributed by atoms with Crippen molar-refractivity contribution in [2.75, 3.05) is 0 Å². The molecule has 0 fully saturated rings. The maximum atomic E-state index is 5.22. The Labute approximate surface area is 317 Å². The van der Waals surface area contributed by atoms with E-state index in [1.54, 1.807) is 0 Å². The SMILES string of the molecule is c1ccc(-c2nc(-c3ccccc3)nc(-c3cccc4c3c3cccc(-c5ccccc5)c3n4-c3nc(-c4ccccc4)nc(-c4ccccc4)n3)n2)cc1. The summed E-state index contributed by atoms with van der Waals surface area (Å²) in [6, 6.07) is 63.4. The molecule has 0 unspecified atom stereocenters. The van der Waals surface area contributed by atoms with Gasteiger partial charge in [-0.3, -0.25) is 4.57 Å². The normalized spacial score (nSPS) is 11.3. The van der Waals surface area contributed by atoms with E-state index in [1.165, 1.54) is 0 Å². The van der Waals surface area contributed by atoms with Gasteiger partial charge >= 0.3 is 0 Å². The minimum Gasteiger partial charge on any atom is -0.277 e. The number of rotatable bonds is 7. The Morgan fingerprint density at radius 2 is 0.673 bits per heavy atom. The van der Waals surface area contributed by atoms with E-state index in [0.29, 0.717) is 35.1 Å². The van der Waals surface area contributed by atoms with Gasteiger partial charge in [0.1, 0.15) is 0 Å². The van der Waals surface area contributed by atoms with E-state index < -0.39 is 0 Å². The molecular weight excluding hydrogens is 675 g/mol. The third-order valence-corrected chi connectivity index (χ3v) is 9.73. The van der Waals surface area contributed by atoms with Gasteiger partial charge in [0.25, 0.3) is 0 Å². The van der Waals surface area contributed by atoms with Crippen LogP contribution in [0.4, 0.5) is 0 Å². The summed E-state index contributed by atoms with van der Waals surface area (Å²) < 4.78 is 2.18. The number of fused-ring (bicyclic) bond motifs is 3. The van der Waals surface area contributed by atoms with Crippen LogP contribution in [0, 0.1) is 0 Å². The molecule has 10 rings (SSSR count). The van der Waals surface area contributed by atoms with Gasteiger partial charge in [-0.2, -0.15) is 9.97 Å². The van der Waals surface area contributed by atoms with Crippen molar-refractivity contribution in [2.45, 2.75) is 0 Å². The second kappa shape index (κ2) is 13.7. The van der Waals surface area contributed by atoms with Gasteiger partial charge in [-0.15, -0.1) is 0 Å². The summed E-state index contributed by atoms with van der Waals surface area (Å²) in [7, 11) is 0. The van der Waals surface area contributed by atoms with Crippen molar-refractivity contribution < 1.29 is 0 Å². The van der Waals surface area contributed by atoms with Gasteiger partial charge < -0.3 is 0 Å². The number of benzene rings is 7. The molecule has 0 aliphatic heterocycles. The molecule has 7 aromatic carbocycles. The Kier molecular flexibility index (Phi) is 8.00. The summed E-state index contributed by atoms with van der Waals surface area (Å²) in [6.45, 7) is 0. The first kappa shape index (κ1) is 32.0. The predicted octanol–water partition coefficient (Wildman–Crippen LogP) is 11.2. The molecule has 258 valence electrons. The molecule has 3 heterocycles. The highest BCUT2D eigenvalue weighted by Crippen LogP contribution is 2.42. The smallest absolute Gasteiger partial charge is 0.238 e. The van der Waals surface area contributed by atoms with Crippen molar-refractivity contribution in [3.63, 3.8) is 0 Å². The predicted molar refractivity (Wildman–Crippen MR) is 220 cm³/mol. The molecule has 0 atom stereocenters. The van der Waals surface area contributed by atoms with Crippen LogP contribution in [0.5, 0.6) is 0 Å². The molecule has 0 radical (unpaired) electrons. The van der Waals surface area contributed by atoms with E-state index in [2.05, 4.69) is 65.2 Å². The molecule has 0 spiro atoms. The van der Waals surface area contributed by atoms with Crippen LogP contribution in [0.15, 0.2) is 188 Å². The number of hydrogen-bond acceptors (Lipinski definition) is 6. The van der Waals surface area contributed by atoms with Gasteiger partial charge in [-0.05, 0) is 11.6 Å². The topological polar surface area (TPSA) is 82.3 Å². The third-order valence-electron chi connectivity index (χ3n) is 9.73. The Hall–Kier alpha value is -7.64. The van der Waals surface area contributed by atoms with Crippen LogP contribution in [-0.4, -0.2) is 34.5 Å². The molecule has 7 nitrogen and oxygen atoms in total. The summed E-state index contributed by atoms with van der Waals surface area (Å²) in [5.41, 5.74) is 8.53. The van der Waals surface area contributed by atoms with E-state index >= 15 is 0 Å². The molecule has 7 heteroatoms. The molecule has 0 aliphatic carbocycles. The van der Waals surface area contributed by atoms with Crippen molar-refractivity contribution in [3.8, 4) is 74.0 Å². The van der Waals surface area contributed by atoms with E-state index in [4.69, 9.17) is 29.9 Å². The van der Waals surface area contributed by atoms with Gasteiger partial charge in [0.05, 0.1) is 11.0 Å². The second-order valence-electron chi connectivity index (χ2n) is 13.2. The molecule has 0 bridgehead atoms. The maximum Gasteiger partial charge on any atom is 0.238 e. The monoisotopic (exact) mass is 705 g/mol. The van der Waals surface area contributed by atoms with Gasteiger partial charge in [0, 0.05) is 44.2 Å². The van der Waals surface area contributed by atoms with Crippen LogP contribution in [0.25, 0.3) is 95.8 Å². The molecular formula is C48H31N7. The Bertz CT molecular complexity index is 2830. The van der Waals surface area contributed by atoms with Crippen LogP contribution in [-0.2, 0) is 0 Å². The van der Waals surface area contributed by atoms with E-state index in [-0.39, 0.29) is 0 Å². The highest BCUT2D eigenvalue weighted by molar-refractivity contribution is 6.18. The largest absolute Gasteiger partial charge is 0.277 e. The average molecular weight is 706 g/mol. The van der Waals surface area contributed by atoms with Crippen molar-refractivity contribution in [2.24, 2.45) is 0 Å². The fourth-order valence-electron chi connectivity index (χ4n) is 7.19. The molecule has 55 heavy (non-hydrogen) atoms. The third kappa shape index (κ3) is 5.90. The number of hydrogen-bond donors (Lipinski definition) is 0. The molecule has 0 amide bonds. The number of aromatic nitrogens is 7. The van der Waals surface area contributed by atoms with Gasteiger partial charge in [0.15, 0.2) is 29.1 Å². The quantitative estimate of drug-likeness (QED) is 0.164. The van der Waals surface area contributed by atoms with Crippen LogP contribution in [0.1, 0.15) is 0 Å². The molecule has 0 saturated heterocycles. The Morgan fingerprint density at radius 3 is 1.15 bits per heavy atom. The van der Waals surface area contributed by atoms with E-state index in [1.807, 2.05) is 127 Å². The zero-order chi connectivity index (χ0) is 36.6. The average Bonchev–Trinajstić information content (AvgIpc) is 3.62. The lowest BCUT2D eigenvalue weighted by Crippen LogP contribution is -2.07. The molecule has 0 saturated carbocycles. The maximum absolute atomic E-state index is 5.22. The first-order valence-corrected chi connectivity index (χ1v) is 18.1. The van der Waals surface area contributed by atoms with Crippen molar-refractivity contribution in [1.82, 2.24) is 34.5 Å². The first-order chi connectivity index (χ1) is 27.3. The van der Waals surface area contributed by atoms with E-state index in [9.17, 15) is 0 Å². The highest BCUT2D eigenvalue weighted by atomic mass is 15.2. The summed E-state index contributed by atoms with van der Waals surface area (Å²) >= 11 is 0. The zero-order valence-corrected chi connectivity index (χ0v) is 29.5. The number of nitrogens with zero attached hydrogens (tertiary/aromatic N) is 7. The van der Waals surface area contributed by atoms with Crippen LogP contribution in [0.3, 0.4) is 0 Å². The van der Waals surface area contributed by atoms with Crippen LogP contribution in [0.2, 0.25) is 0 Å². The van der Waals surface area contributed by atoms with Gasteiger partial charge in [0.2, 0.25) is 5.95 Å². The standard InChI is InChI=1S/C48H31N7/c1-6-18-32(19-7-1)37-28-16-29-38-41-39(47-51-43(33-20-8-2-9-21-33)49-44(52-47)34-22-10-3-11-23-34)30-17-31-40(41)55(42(37)38)48-53-45(35-24-12-4-13-25-35)50-46(54-48)36-26-14-5-15-27-36/h1-31H. The molecule has 10 aromatic rings. The van der Waals surface area contributed by atoms with Gasteiger partial charge in [-0.1, -0.05) is 182 Å². The van der Waals surface area contributed by atoms with Crippen molar-refractivity contribution >= 4 is 21.8 Å². The second-order valence-corrected chi connectivity index (χ2v) is 13.2. The van der Waals surface area contributed by atoms with Crippen LogP contribution < -0.4 is 0 Å². The van der Waals surface area contributed by atoms with Crippen molar-refractivity contribution in [1.29, 1.82) is 0 Å². The Balaban J connectivity index is 1.31. The first-order valence-electron chi connectivity index (χ1n) is 18.1. The lowest BCUT2D eigenvalue weighted by atomic mass is 10.0. The van der Waals surface area contributed by atoms with Crippen LogP contribution >= 0.6 is 0 Å². The summed E-state index contributed by atoms with van der Waals surface area (Å²) in [6.07, 6.45) is 0. The van der Waals surface area contributed by atoms with Crippen molar-refractivity contribution in [3.05, 3.63) is 188 Å². The fourth-order valence-corrected chi connectivity index (χ4v) is 7.19. The summed E-state index contributed by atoms with van der Waals surface area (Å²) in [5, 5.41) is 2.01. The summed E-state index contributed by atoms with van der Waals surface area (Å²) in [5.74, 6) is 3.47. The molecule has 0 N–H and O–H groups in total. The summed E-state index contributed by atoms with van der Waals surface area (Å²) in [4.78, 5) is 30.7. The minimum absolute atomic E-state index is 0.513. The fraction of sp³-hybridized carbons (Fsp3) is 0. The van der Waals surface area contributed by atoms with Gasteiger partial charge in [-0.25, -0.2) is 19.9 Å². The highest BCUT2D eigenvalue weighted by Gasteiger charge is 2.24. The molecule has 3 aromatic heterocycles. The molecule has 0 aliphatic rings. The number of para-hydroxylation sites is 1. The van der Waals surface area contributed by atoms with E-state index in [0.717, 1.165) is 60.8 Å². The zero-order valence-electron chi connectivity index (χ0n) is 29.5. The Morgan fingerprint density at radius 1 is 0.291 bits per heavy atom. The lowest BCUT2D eigenvalue weighted by Gasteiger charge is -2.13. The minimum atomic E-state index is 0.513.